The first kappa shape index (κ1) is 20.5. The number of hydrogen-bond donors (Lipinski definition) is 2. The van der Waals surface area contributed by atoms with E-state index in [0.717, 1.165) is 13.1 Å². The van der Waals surface area contributed by atoms with Gasteiger partial charge in [-0.15, -0.1) is 0 Å². The second kappa shape index (κ2) is 9.82. The first-order valence-corrected chi connectivity index (χ1v) is 9.76. The van der Waals surface area contributed by atoms with Gasteiger partial charge in [-0.1, -0.05) is 6.07 Å². The molecule has 2 N–H and O–H groups in total. The van der Waals surface area contributed by atoms with E-state index in [2.05, 4.69) is 15.5 Å². The van der Waals surface area contributed by atoms with Crippen LogP contribution >= 0.6 is 0 Å². The molecule has 2 aromatic carbocycles. The minimum atomic E-state index is -0.435. The van der Waals surface area contributed by atoms with Crippen LogP contribution in [0.4, 0.5) is 11.4 Å². The Balaban J connectivity index is 1.55. The van der Waals surface area contributed by atoms with E-state index in [1.165, 1.54) is 39.2 Å². The molecule has 0 radical (unpaired) electrons. The minimum Gasteiger partial charge on any atom is -0.496 e. The Hall–Kier alpha value is -3.22. The van der Waals surface area contributed by atoms with Gasteiger partial charge in [0.15, 0.2) is 0 Å². The van der Waals surface area contributed by atoms with Gasteiger partial charge in [0.05, 0.1) is 20.8 Å². The number of carbonyl (C=O) groups excluding carboxylic acids is 2. The number of nitrogens with one attached hydrogen (secondary N) is 2. The average molecular weight is 397 g/mol. The van der Waals surface area contributed by atoms with Crippen molar-refractivity contribution < 1.29 is 19.1 Å². The molecule has 3 rings (SSSR count). The molecule has 0 aromatic heterocycles. The Morgan fingerprint density at radius 3 is 2.14 bits per heavy atom. The molecule has 1 aliphatic heterocycles. The van der Waals surface area contributed by atoms with Crippen molar-refractivity contribution in [2.24, 2.45) is 0 Å². The molecule has 2 amide bonds. The minimum absolute atomic E-state index is 0.159. The molecule has 0 spiro atoms. The second-order valence-electron chi connectivity index (χ2n) is 6.86. The highest BCUT2D eigenvalue weighted by Gasteiger charge is 2.18. The van der Waals surface area contributed by atoms with Gasteiger partial charge in [0, 0.05) is 24.5 Å². The van der Waals surface area contributed by atoms with Gasteiger partial charge in [-0.25, -0.2) is 0 Å². The standard InChI is InChI=1S/C22H27N3O4/c1-28-18-7-6-8-19(29-2)21(18)22(27)23-15-20(26)24-16-9-11-17(12-10-16)25-13-4-3-5-14-25/h6-12H,3-5,13-15H2,1-2H3,(H,23,27)(H,24,26). The summed E-state index contributed by atoms with van der Waals surface area (Å²) in [6.07, 6.45) is 3.72. The fourth-order valence-electron chi connectivity index (χ4n) is 3.44. The molecule has 2 aromatic rings. The zero-order valence-corrected chi connectivity index (χ0v) is 16.9. The number of carbonyl (C=O) groups is 2. The summed E-state index contributed by atoms with van der Waals surface area (Å²) in [5.41, 5.74) is 2.12. The van der Waals surface area contributed by atoms with Crippen molar-refractivity contribution in [3.8, 4) is 11.5 Å². The highest BCUT2D eigenvalue weighted by molar-refractivity contribution is 6.02. The van der Waals surface area contributed by atoms with Gasteiger partial charge >= 0.3 is 0 Å². The Labute approximate surface area is 171 Å². The molecule has 0 unspecified atom stereocenters. The second-order valence-corrected chi connectivity index (χ2v) is 6.86. The lowest BCUT2D eigenvalue weighted by Crippen LogP contribution is -2.33. The topological polar surface area (TPSA) is 79.9 Å². The maximum Gasteiger partial charge on any atom is 0.259 e. The first-order chi connectivity index (χ1) is 14.1. The number of hydrogen-bond acceptors (Lipinski definition) is 5. The molecular weight excluding hydrogens is 370 g/mol. The van der Waals surface area contributed by atoms with Gasteiger partial charge in [0.25, 0.3) is 5.91 Å². The summed E-state index contributed by atoms with van der Waals surface area (Å²) in [5, 5.41) is 5.41. The highest BCUT2D eigenvalue weighted by atomic mass is 16.5. The average Bonchev–Trinajstić information content (AvgIpc) is 2.78. The molecular formula is C22H27N3O4. The lowest BCUT2D eigenvalue weighted by atomic mass is 10.1. The quantitative estimate of drug-likeness (QED) is 0.751. The van der Waals surface area contributed by atoms with Crippen LogP contribution in [-0.2, 0) is 4.79 Å². The fraction of sp³-hybridized carbons (Fsp3) is 0.364. The van der Waals surface area contributed by atoms with Gasteiger partial charge in [-0.3, -0.25) is 9.59 Å². The molecule has 1 heterocycles. The summed E-state index contributed by atoms with van der Waals surface area (Å²) in [7, 11) is 2.96. The number of anilines is 2. The van der Waals surface area contributed by atoms with E-state index in [0.29, 0.717) is 17.2 Å². The smallest absolute Gasteiger partial charge is 0.259 e. The molecule has 7 nitrogen and oxygen atoms in total. The van der Waals surface area contributed by atoms with Crippen LogP contribution in [0, 0.1) is 0 Å². The zero-order chi connectivity index (χ0) is 20.6. The van der Waals surface area contributed by atoms with E-state index in [-0.39, 0.29) is 18.0 Å². The van der Waals surface area contributed by atoms with E-state index in [4.69, 9.17) is 9.47 Å². The van der Waals surface area contributed by atoms with E-state index in [9.17, 15) is 9.59 Å². The molecule has 0 bridgehead atoms. The van der Waals surface area contributed by atoms with E-state index in [1.807, 2.05) is 24.3 Å². The summed E-state index contributed by atoms with van der Waals surface area (Å²) in [5.74, 6) is 0.0268. The molecule has 1 fully saturated rings. The number of amides is 2. The van der Waals surface area contributed by atoms with Crippen LogP contribution in [0.25, 0.3) is 0 Å². The Bertz CT molecular complexity index is 823. The summed E-state index contributed by atoms with van der Waals surface area (Å²) in [6, 6.07) is 12.9. The molecule has 1 saturated heterocycles. The highest BCUT2D eigenvalue weighted by Crippen LogP contribution is 2.28. The normalized spacial score (nSPS) is 13.5. The molecule has 0 atom stereocenters. The first-order valence-electron chi connectivity index (χ1n) is 9.76. The Kier molecular flexibility index (Phi) is 6.94. The van der Waals surface area contributed by atoms with E-state index < -0.39 is 5.91 Å². The summed E-state index contributed by atoms with van der Waals surface area (Å²) >= 11 is 0. The monoisotopic (exact) mass is 397 g/mol. The molecule has 154 valence electrons. The zero-order valence-electron chi connectivity index (χ0n) is 16.9. The van der Waals surface area contributed by atoms with Crippen molar-refractivity contribution in [3.63, 3.8) is 0 Å². The van der Waals surface area contributed by atoms with Crippen LogP contribution in [0.1, 0.15) is 29.6 Å². The summed E-state index contributed by atoms with van der Waals surface area (Å²) in [4.78, 5) is 27.1. The molecule has 29 heavy (non-hydrogen) atoms. The summed E-state index contributed by atoms with van der Waals surface area (Å²) < 4.78 is 10.5. The SMILES string of the molecule is COc1cccc(OC)c1C(=O)NCC(=O)Nc1ccc(N2CCCCC2)cc1. The van der Waals surface area contributed by atoms with Crippen molar-refractivity contribution in [2.75, 3.05) is 44.1 Å². The van der Waals surface area contributed by atoms with Gasteiger partial charge in [-0.05, 0) is 55.7 Å². The van der Waals surface area contributed by atoms with Crippen LogP contribution in [0.15, 0.2) is 42.5 Å². The number of ether oxygens (including phenoxy) is 2. The molecule has 7 heteroatoms. The molecule has 1 aliphatic rings. The van der Waals surface area contributed by atoms with Crippen molar-refractivity contribution in [3.05, 3.63) is 48.0 Å². The third-order valence-corrected chi connectivity index (χ3v) is 4.94. The molecule has 0 aliphatic carbocycles. The largest absolute Gasteiger partial charge is 0.496 e. The number of methoxy groups -OCH3 is 2. The van der Waals surface area contributed by atoms with Crippen molar-refractivity contribution in [1.82, 2.24) is 5.32 Å². The van der Waals surface area contributed by atoms with Gasteiger partial charge in [0.2, 0.25) is 5.91 Å². The van der Waals surface area contributed by atoms with E-state index in [1.54, 1.807) is 18.2 Å². The Morgan fingerprint density at radius 1 is 0.931 bits per heavy atom. The maximum absolute atomic E-state index is 12.5. The van der Waals surface area contributed by atoms with Crippen LogP contribution in [0.5, 0.6) is 11.5 Å². The van der Waals surface area contributed by atoms with Gasteiger partial charge in [-0.2, -0.15) is 0 Å². The van der Waals surface area contributed by atoms with Crippen LogP contribution in [0.3, 0.4) is 0 Å². The van der Waals surface area contributed by atoms with Crippen LogP contribution in [-0.4, -0.2) is 45.7 Å². The predicted molar refractivity (Wildman–Crippen MR) is 113 cm³/mol. The number of nitrogens with zero attached hydrogens (tertiary/aromatic N) is 1. The number of piperidine rings is 1. The van der Waals surface area contributed by atoms with Crippen molar-refractivity contribution in [1.29, 1.82) is 0 Å². The third kappa shape index (κ3) is 5.19. The Morgan fingerprint density at radius 2 is 1.55 bits per heavy atom. The summed E-state index contributed by atoms with van der Waals surface area (Å²) in [6.45, 7) is 1.99. The van der Waals surface area contributed by atoms with Gasteiger partial charge < -0.3 is 25.0 Å². The van der Waals surface area contributed by atoms with E-state index >= 15 is 0 Å². The molecule has 0 saturated carbocycles. The lowest BCUT2D eigenvalue weighted by Gasteiger charge is -2.28. The van der Waals surface area contributed by atoms with Crippen LogP contribution in [0.2, 0.25) is 0 Å². The number of benzene rings is 2. The van der Waals surface area contributed by atoms with Crippen molar-refractivity contribution >= 4 is 23.2 Å². The van der Waals surface area contributed by atoms with Crippen molar-refractivity contribution in [2.45, 2.75) is 19.3 Å². The third-order valence-electron chi connectivity index (χ3n) is 4.94. The fourth-order valence-corrected chi connectivity index (χ4v) is 3.44. The van der Waals surface area contributed by atoms with Crippen LogP contribution < -0.4 is 25.0 Å². The lowest BCUT2D eigenvalue weighted by molar-refractivity contribution is -0.115. The predicted octanol–water partition coefficient (Wildman–Crippen LogP) is 3.06. The number of rotatable bonds is 7. The maximum atomic E-state index is 12.5. The van der Waals surface area contributed by atoms with Gasteiger partial charge in [0.1, 0.15) is 17.1 Å².